The van der Waals surface area contributed by atoms with Crippen LogP contribution in [0.3, 0.4) is 0 Å². The smallest absolute Gasteiger partial charge is 0.408 e. The van der Waals surface area contributed by atoms with Crippen LogP contribution in [0.4, 0.5) is 10.6 Å². The molecular formula is C31H46N6O5. The van der Waals surface area contributed by atoms with E-state index in [1.165, 1.54) is 0 Å². The van der Waals surface area contributed by atoms with Crippen molar-refractivity contribution in [3.8, 4) is 0 Å². The summed E-state index contributed by atoms with van der Waals surface area (Å²) in [5.41, 5.74) is -1.22. The van der Waals surface area contributed by atoms with E-state index in [1.807, 2.05) is 42.2 Å². The Morgan fingerprint density at radius 3 is 2.29 bits per heavy atom. The molecule has 1 aromatic carbocycles. The molecule has 1 aliphatic heterocycles. The standard InChI is InChI=1S/C31H46N6O5/c1-8-12-23(33-28(40)31(6,7)35-29(41)42-30(3,4)5)26(38)34-24-19-37(20-32-24)25(22-13-10-9-11-14-22)27(39)36-17-15-21(2)16-18-36/h9-11,13-14,19-21,23,25H,8,12,15-18H2,1-7H3,(H,33,40)(H,34,38)(H,35,41)/t23-,25-/m1/s1. The molecule has 3 N–H and O–H groups in total. The Labute approximate surface area is 248 Å². The third kappa shape index (κ3) is 9.06. The van der Waals surface area contributed by atoms with Crippen LogP contribution in [-0.2, 0) is 19.1 Å². The number of anilines is 1. The maximum absolute atomic E-state index is 13.7. The molecule has 11 nitrogen and oxygen atoms in total. The molecule has 42 heavy (non-hydrogen) atoms. The van der Waals surface area contributed by atoms with Gasteiger partial charge >= 0.3 is 6.09 Å². The Morgan fingerprint density at radius 2 is 1.69 bits per heavy atom. The van der Waals surface area contributed by atoms with Gasteiger partial charge in [0.2, 0.25) is 17.7 Å². The van der Waals surface area contributed by atoms with E-state index in [0.717, 1.165) is 18.4 Å². The fourth-order valence-corrected chi connectivity index (χ4v) is 4.75. The molecule has 0 bridgehead atoms. The van der Waals surface area contributed by atoms with Crippen LogP contribution in [0.5, 0.6) is 0 Å². The Balaban J connectivity index is 1.73. The molecule has 0 unspecified atom stereocenters. The second-order valence-corrected chi connectivity index (χ2v) is 12.6. The number of likely N-dealkylation sites (tertiary alicyclic amines) is 1. The lowest BCUT2D eigenvalue weighted by Gasteiger charge is -2.33. The van der Waals surface area contributed by atoms with Crippen LogP contribution >= 0.6 is 0 Å². The van der Waals surface area contributed by atoms with E-state index in [0.29, 0.717) is 31.8 Å². The van der Waals surface area contributed by atoms with Gasteiger partial charge in [-0.2, -0.15) is 0 Å². The number of carbonyl (C=O) groups excluding carboxylic acids is 4. The molecule has 2 heterocycles. The molecule has 0 aliphatic carbocycles. The molecule has 1 fully saturated rings. The summed E-state index contributed by atoms with van der Waals surface area (Å²) in [6, 6.07) is 8.02. The van der Waals surface area contributed by atoms with Crippen molar-refractivity contribution in [1.82, 2.24) is 25.1 Å². The number of aromatic nitrogens is 2. The van der Waals surface area contributed by atoms with E-state index in [2.05, 4.69) is 27.9 Å². The maximum atomic E-state index is 13.7. The first-order valence-electron chi connectivity index (χ1n) is 14.7. The van der Waals surface area contributed by atoms with Gasteiger partial charge in [0.15, 0.2) is 5.82 Å². The van der Waals surface area contributed by atoms with Crippen molar-refractivity contribution in [3.05, 3.63) is 48.4 Å². The van der Waals surface area contributed by atoms with E-state index in [-0.39, 0.29) is 11.7 Å². The van der Waals surface area contributed by atoms with Crippen molar-refractivity contribution in [2.45, 2.75) is 97.4 Å². The van der Waals surface area contributed by atoms with E-state index < -0.39 is 41.1 Å². The SMILES string of the molecule is CCC[C@@H](NC(=O)C(C)(C)NC(=O)OC(C)(C)C)C(=O)Nc1cn([C@@H](C(=O)N2CCC(C)CC2)c2ccccc2)cn1. The normalized spacial score (nSPS) is 15.8. The number of ether oxygens (including phenoxy) is 1. The summed E-state index contributed by atoms with van der Waals surface area (Å²) in [5, 5.41) is 8.10. The van der Waals surface area contributed by atoms with Gasteiger partial charge in [-0.3, -0.25) is 14.4 Å². The minimum absolute atomic E-state index is 0.0146. The predicted molar refractivity (Wildman–Crippen MR) is 161 cm³/mol. The van der Waals surface area contributed by atoms with E-state index in [4.69, 9.17) is 4.74 Å². The number of alkyl carbamates (subject to hydrolysis) is 1. The number of carbonyl (C=O) groups is 4. The molecule has 1 saturated heterocycles. The average molecular weight is 583 g/mol. The Kier molecular flexibility index (Phi) is 10.8. The second-order valence-electron chi connectivity index (χ2n) is 12.6. The molecule has 1 aromatic heterocycles. The van der Waals surface area contributed by atoms with Gasteiger partial charge in [-0.25, -0.2) is 9.78 Å². The molecular weight excluding hydrogens is 536 g/mol. The van der Waals surface area contributed by atoms with Gasteiger partial charge in [0.1, 0.15) is 23.2 Å². The van der Waals surface area contributed by atoms with E-state index in [1.54, 1.807) is 51.7 Å². The molecule has 1 aliphatic rings. The Bertz CT molecular complexity index is 1230. The fourth-order valence-electron chi connectivity index (χ4n) is 4.75. The fraction of sp³-hybridized carbons (Fsp3) is 0.581. The highest BCUT2D eigenvalue weighted by Gasteiger charge is 2.35. The van der Waals surface area contributed by atoms with Crippen LogP contribution in [0, 0.1) is 5.92 Å². The number of piperidine rings is 1. The van der Waals surface area contributed by atoms with Crippen molar-refractivity contribution in [1.29, 1.82) is 0 Å². The number of nitrogens with zero attached hydrogens (tertiary/aromatic N) is 3. The average Bonchev–Trinajstić information content (AvgIpc) is 3.35. The highest BCUT2D eigenvalue weighted by Crippen LogP contribution is 2.26. The second kappa shape index (κ2) is 13.8. The van der Waals surface area contributed by atoms with E-state index in [9.17, 15) is 19.2 Å². The third-order valence-corrected chi connectivity index (χ3v) is 7.18. The molecule has 0 saturated carbocycles. The third-order valence-electron chi connectivity index (χ3n) is 7.18. The monoisotopic (exact) mass is 582 g/mol. The van der Waals surface area contributed by atoms with Gasteiger partial charge in [-0.05, 0) is 65.4 Å². The molecule has 0 spiro atoms. The number of amides is 4. The van der Waals surface area contributed by atoms with Crippen LogP contribution in [0.25, 0.3) is 0 Å². The Hall–Kier alpha value is -3.89. The molecule has 11 heteroatoms. The molecule has 3 rings (SSSR count). The molecule has 4 amide bonds. The zero-order valence-corrected chi connectivity index (χ0v) is 25.9. The number of hydrogen-bond acceptors (Lipinski definition) is 6. The first-order chi connectivity index (χ1) is 19.7. The highest BCUT2D eigenvalue weighted by molar-refractivity contribution is 5.98. The summed E-state index contributed by atoms with van der Waals surface area (Å²) < 4.78 is 6.98. The van der Waals surface area contributed by atoms with Gasteiger partial charge in [0.05, 0.1) is 6.33 Å². The molecule has 0 radical (unpaired) electrons. The molecule has 2 aromatic rings. The number of imidazole rings is 1. The lowest BCUT2D eigenvalue weighted by molar-refractivity contribution is -0.135. The summed E-state index contributed by atoms with van der Waals surface area (Å²) >= 11 is 0. The number of hydrogen-bond donors (Lipinski definition) is 3. The maximum Gasteiger partial charge on any atom is 0.408 e. The predicted octanol–water partition coefficient (Wildman–Crippen LogP) is 4.26. The largest absolute Gasteiger partial charge is 0.444 e. The zero-order valence-electron chi connectivity index (χ0n) is 25.9. The van der Waals surface area contributed by atoms with Gasteiger partial charge in [-0.15, -0.1) is 0 Å². The van der Waals surface area contributed by atoms with Crippen molar-refractivity contribution in [2.75, 3.05) is 18.4 Å². The lowest BCUT2D eigenvalue weighted by atomic mass is 9.97. The van der Waals surface area contributed by atoms with Crippen molar-refractivity contribution in [3.63, 3.8) is 0 Å². The summed E-state index contributed by atoms with van der Waals surface area (Å²) in [4.78, 5) is 58.6. The first-order valence-corrected chi connectivity index (χ1v) is 14.7. The van der Waals surface area contributed by atoms with E-state index >= 15 is 0 Å². The summed E-state index contributed by atoms with van der Waals surface area (Å²) in [7, 11) is 0. The molecule has 2 atom stereocenters. The minimum Gasteiger partial charge on any atom is -0.444 e. The van der Waals surface area contributed by atoms with Crippen molar-refractivity contribution in [2.24, 2.45) is 5.92 Å². The van der Waals surface area contributed by atoms with Crippen LogP contribution < -0.4 is 16.0 Å². The van der Waals surface area contributed by atoms with Gasteiger partial charge < -0.3 is 30.2 Å². The number of benzene rings is 1. The van der Waals surface area contributed by atoms with Crippen LogP contribution in [0.2, 0.25) is 0 Å². The lowest BCUT2D eigenvalue weighted by Crippen LogP contribution is -2.58. The van der Waals surface area contributed by atoms with Crippen molar-refractivity contribution < 1.29 is 23.9 Å². The quantitative estimate of drug-likeness (QED) is 0.383. The molecule has 230 valence electrons. The topological polar surface area (TPSA) is 135 Å². The van der Waals surface area contributed by atoms with Gasteiger partial charge in [0.25, 0.3) is 0 Å². The highest BCUT2D eigenvalue weighted by atomic mass is 16.6. The van der Waals surface area contributed by atoms with Gasteiger partial charge in [-0.1, -0.05) is 50.6 Å². The minimum atomic E-state index is -1.33. The number of rotatable bonds is 10. The Morgan fingerprint density at radius 1 is 1.05 bits per heavy atom. The van der Waals surface area contributed by atoms with Crippen LogP contribution in [-0.4, -0.2) is 68.5 Å². The summed E-state index contributed by atoms with van der Waals surface area (Å²) in [6.07, 6.45) is 5.38. The van der Waals surface area contributed by atoms with Gasteiger partial charge in [0, 0.05) is 19.3 Å². The number of nitrogens with one attached hydrogen (secondary N) is 3. The van der Waals surface area contributed by atoms with Crippen molar-refractivity contribution >= 4 is 29.6 Å². The zero-order chi connectivity index (χ0) is 31.1. The summed E-state index contributed by atoms with van der Waals surface area (Å²) in [6.45, 7) is 13.8. The van der Waals surface area contributed by atoms with Crippen LogP contribution in [0.1, 0.15) is 85.8 Å². The first kappa shape index (κ1) is 32.6. The summed E-state index contributed by atoms with van der Waals surface area (Å²) in [5.74, 6) is -0.134. The van der Waals surface area contributed by atoms with Crippen LogP contribution in [0.15, 0.2) is 42.9 Å².